The van der Waals surface area contributed by atoms with E-state index >= 15 is 0 Å². The fraction of sp³-hybridized carbons (Fsp3) is 0.214. The quantitative estimate of drug-likeness (QED) is 0.934. The number of anilines is 1. The molecule has 1 heterocycles. The summed E-state index contributed by atoms with van der Waals surface area (Å²) in [5, 5.41) is 0. The first-order valence-corrected chi connectivity index (χ1v) is 7.57. The highest BCUT2D eigenvalue weighted by Gasteiger charge is 2.12. The lowest BCUT2D eigenvalue weighted by Gasteiger charge is -2.08. The van der Waals surface area contributed by atoms with E-state index in [-0.39, 0.29) is 5.75 Å². The second-order valence-corrected chi connectivity index (χ2v) is 6.32. The smallest absolute Gasteiger partial charge is 0.236 e. The lowest BCUT2D eigenvalue weighted by molar-refractivity contribution is 0.600. The first-order valence-electron chi connectivity index (χ1n) is 5.92. The van der Waals surface area contributed by atoms with E-state index in [1.807, 2.05) is 32.0 Å². The van der Waals surface area contributed by atoms with Crippen LogP contribution in [0, 0.1) is 13.8 Å². The summed E-state index contributed by atoms with van der Waals surface area (Å²) in [4.78, 5) is 3.96. The Kier molecular flexibility index (Phi) is 3.85. The Morgan fingerprint density at radius 1 is 1.11 bits per heavy atom. The van der Waals surface area contributed by atoms with E-state index in [4.69, 9.17) is 0 Å². The normalized spacial score (nSPS) is 11.3. The van der Waals surface area contributed by atoms with Crippen LogP contribution in [0.5, 0.6) is 0 Å². The van der Waals surface area contributed by atoms with Crippen LogP contribution in [-0.2, 0) is 15.8 Å². The number of sulfonamides is 1. The molecule has 0 spiro atoms. The van der Waals surface area contributed by atoms with Crippen LogP contribution in [0.25, 0.3) is 0 Å². The van der Waals surface area contributed by atoms with E-state index < -0.39 is 10.0 Å². The Morgan fingerprint density at radius 2 is 1.89 bits per heavy atom. The maximum atomic E-state index is 12.1. The van der Waals surface area contributed by atoms with Crippen LogP contribution >= 0.6 is 0 Å². The molecule has 2 aromatic rings. The number of hydrogen-bond donors (Lipinski definition) is 1. The monoisotopic (exact) mass is 276 g/mol. The van der Waals surface area contributed by atoms with Crippen molar-refractivity contribution >= 4 is 15.7 Å². The van der Waals surface area contributed by atoms with Gasteiger partial charge in [-0.3, -0.25) is 9.71 Å². The standard InChI is InChI=1S/C14H16N2O2S/c1-11-4-3-5-13(6-11)10-19(17,18)16-14-7-12(2)8-15-9-14/h3-9,16H,10H2,1-2H3. The molecule has 0 unspecified atom stereocenters. The highest BCUT2D eigenvalue weighted by atomic mass is 32.2. The van der Waals surface area contributed by atoms with Gasteiger partial charge >= 0.3 is 0 Å². The molecular formula is C14H16N2O2S. The van der Waals surface area contributed by atoms with Gasteiger partial charge in [-0.2, -0.15) is 0 Å². The minimum Gasteiger partial charge on any atom is -0.282 e. The van der Waals surface area contributed by atoms with E-state index in [1.165, 1.54) is 6.20 Å². The fourth-order valence-electron chi connectivity index (χ4n) is 1.85. The number of aromatic nitrogens is 1. The Balaban J connectivity index is 2.15. The third-order valence-electron chi connectivity index (χ3n) is 2.59. The molecule has 0 aliphatic rings. The van der Waals surface area contributed by atoms with Crippen molar-refractivity contribution in [3.05, 3.63) is 59.4 Å². The minimum absolute atomic E-state index is 0.0391. The second-order valence-electron chi connectivity index (χ2n) is 4.60. The van der Waals surface area contributed by atoms with E-state index in [1.54, 1.807) is 18.3 Å². The van der Waals surface area contributed by atoms with Gasteiger partial charge in [0.15, 0.2) is 0 Å². The summed E-state index contributed by atoms with van der Waals surface area (Å²) in [7, 11) is -3.41. The van der Waals surface area contributed by atoms with Gasteiger partial charge in [0.25, 0.3) is 0 Å². The van der Waals surface area contributed by atoms with Gasteiger partial charge in [0.2, 0.25) is 10.0 Å². The topological polar surface area (TPSA) is 59.1 Å². The molecule has 0 bridgehead atoms. The van der Waals surface area contributed by atoms with Crippen LogP contribution in [0.3, 0.4) is 0 Å². The molecule has 0 fully saturated rings. The zero-order chi connectivity index (χ0) is 13.9. The average Bonchev–Trinajstić information content (AvgIpc) is 2.27. The average molecular weight is 276 g/mol. The van der Waals surface area contributed by atoms with Gasteiger partial charge in [0, 0.05) is 6.20 Å². The summed E-state index contributed by atoms with van der Waals surface area (Å²) in [6.45, 7) is 3.80. The van der Waals surface area contributed by atoms with Crippen LogP contribution in [0.2, 0.25) is 0 Å². The summed E-state index contributed by atoms with van der Waals surface area (Å²) in [5.41, 5.74) is 3.22. The zero-order valence-electron chi connectivity index (χ0n) is 10.9. The maximum absolute atomic E-state index is 12.1. The van der Waals surface area contributed by atoms with Gasteiger partial charge < -0.3 is 0 Å². The molecule has 4 nitrogen and oxygen atoms in total. The van der Waals surface area contributed by atoms with Crippen LogP contribution in [-0.4, -0.2) is 13.4 Å². The van der Waals surface area contributed by atoms with E-state index in [2.05, 4.69) is 9.71 Å². The number of nitrogens with zero attached hydrogens (tertiary/aromatic N) is 1. The van der Waals surface area contributed by atoms with Crippen molar-refractivity contribution in [2.45, 2.75) is 19.6 Å². The predicted molar refractivity (Wildman–Crippen MR) is 76.4 cm³/mol. The largest absolute Gasteiger partial charge is 0.282 e. The molecule has 0 atom stereocenters. The maximum Gasteiger partial charge on any atom is 0.236 e. The van der Waals surface area contributed by atoms with Crippen molar-refractivity contribution in [3.8, 4) is 0 Å². The van der Waals surface area contributed by atoms with Crippen LogP contribution < -0.4 is 4.72 Å². The number of rotatable bonds is 4. The molecule has 1 N–H and O–H groups in total. The Bertz CT molecular complexity index is 628. The van der Waals surface area contributed by atoms with E-state index in [0.29, 0.717) is 5.69 Å². The van der Waals surface area contributed by atoms with Crippen molar-refractivity contribution < 1.29 is 8.42 Å². The Labute approximate surface area is 113 Å². The minimum atomic E-state index is -3.41. The number of pyridine rings is 1. The van der Waals surface area contributed by atoms with Gasteiger partial charge in [-0.25, -0.2) is 8.42 Å². The van der Waals surface area contributed by atoms with Crippen molar-refractivity contribution in [1.82, 2.24) is 4.98 Å². The molecule has 0 aliphatic heterocycles. The lowest BCUT2D eigenvalue weighted by atomic mass is 10.2. The number of aryl methyl sites for hydroxylation is 2. The molecule has 2 rings (SSSR count). The van der Waals surface area contributed by atoms with Crippen LogP contribution in [0.15, 0.2) is 42.7 Å². The first-order chi connectivity index (χ1) is 8.94. The summed E-state index contributed by atoms with van der Waals surface area (Å²) in [6.07, 6.45) is 3.18. The molecule has 0 saturated carbocycles. The Morgan fingerprint density at radius 3 is 2.58 bits per heavy atom. The van der Waals surface area contributed by atoms with Gasteiger partial charge in [-0.1, -0.05) is 29.8 Å². The van der Waals surface area contributed by atoms with Crippen LogP contribution in [0.4, 0.5) is 5.69 Å². The van der Waals surface area contributed by atoms with Crippen molar-refractivity contribution in [3.63, 3.8) is 0 Å². The molecule has 19 heavy (non-hydrogen) atoms. The molecule has 0 radical (unpaired) electrons. The highest BCUT2D eigenvalue weighted by Crippen LogP contribution is 2.13. The third kappa shape index (κ3) is 4.06. The molecule has 100 valence electrons. The number of hydrogen-bond acceptors (Lipinski definition) is 3. The summed E-state index contributed by atoms with van der Waals surface area (Å²) in [6, 6.07) is 9.22. The number of nitrogens with one attached hydrogen (secondary N) is 1. The summed E-state index contributed by atoms with van der Waals surface area (Å²) in [5.74, 6) is -0.0391. The predicted octanol–water partition coefficient (Wildman–Crippen LogP) is 2.64. The van der Waals surface area contributed by atoms with Gasteiger partial charge in [0.05, 0.1) is 17.6 Å². The second kappa shape index (κ2) is 5.40. The SMILES string of the molecule is Cc1cccc(CS(=O)(=O)Nc2cncc(C)c2)c1. The van der Waals surface area contributed by atoms with Gasteiger partial charge in [-0.05, 0) is 31.0 Å². The van der Waals surface area contributed by atoms with Crippen LogP contribution in [0.1, 0.15) is 16.7 Å². The van der Waals surface area contributed by atoms with Gasteiger partial charge in [-0.15, -0.1) is 0 Å². The number of benzene rings is 1. The zero-order valence-corrected chi connectivity index (χ0v) is 11.7. The summed E-state index contributed by atoms with van der Waals surface area (Å²) >= 11 is 0. The van der Waals surface area contributed by atoms with Gasteiger partial charge in [0.1, 0.15) is 0 Å². The van der Waals surface area contributed by atoms with Crippen molar-refractivity contribution in [1.29, 1.82) is 0 Å². The molecular weight excluding hydrogens is 260 g/mol. The lowest BCUT2D eigenvalue weighted by Crippen LogP contribution is -2.15. The highest BCUT2D eigenvalue weighted by molar-refractivity contribution is 7.91. The van der Waals surface area contributed by atoms with E-state index in [9.17, 15) is 8.42 Å². The van der Waals surface area contributed by atoms with Crippen molar-refractivity contribution in [2.75, 3.05) is 4.72 Å². The third-order valence-corrected chi connectivity index (χ3v) is 3.85. The van der Waals surface area contributed by atoms with E-state index in [0.717, 1.165) is 16.7 Å². The molecule has 5 heteroatoms. The molecule has 1 aromatic carbocycles. The van der Waals surface area contributed by atoms with Crippen molar-refractivity contribution in [2.24, 2.45) is 0 Å². The molecule has 1 aromatic heterocycles. The summed E-state index contributed by atoms with van der Waals surface area (Å²) < 4.78 is 26.6. The Hall–Kier alpha value is -1.88. The first kappa shape index (κ1) is 13.5. The molecule has 0 aliphatic carbocycles. The molecule has 0 amide bonds. The molecule has 0 saturated heterocycles. The fourth-order valence-corrected chi connectivity index (χ4v) is 3.01.